The van der Waals surface area contributed by atoms with E-state index in [0.717, 1.165) is 37.1 Å². The fourth-order valence-corrected chi connectivity index (χ4v) is 4.71. The van der Waals surface area contributed by atoms with E-state index in [4.69, 9.17) is 0 Å². The summed E-state index contributed by atoms with van der Waals surface area (Å²) in [5.74, 6) is 0.136. The smallest absolute Gasteiger partial charge is 0.253 e. The van der Waals surface area contributed by atoms with Crippen LogP contribution in [0.2, 0.25) is 0 Å². The maximum Gasteiger partial charge on any atom is 0.253 e. The number of hydrogen-bond acceptors (Lipinski definition) is 4. The molecule has 30 heavy (non-hydrogen) atoms. The van der Waals surface area contributed by atoms with Gasteiger partial charge in [0.2, 0.25) is 5.91 Å². The van der Waals surface area contributed by atoms with Crippen molar-refractivity contribution in [1.82, 2.24) is 14.7 Å². The minimum atomic E-state index is -0.0490. The lowest BCUT2D eigenvalue weighted by molar-refractivity contribution is -0.131. The molecule has 3 aliphatic rings. The van der Waals surface area contributed by atoms with E-state index in [1.54, 1.807) is 6.07 Å². The molecule has 0 N–H and O–H groups in total. The van der Waals surface area contributed by atoms with Gasteiger partial charge in [-0.1, -0.05) is 30.3 Å². The number of carbonyl (C=O) groups is 3. The Hall–Kier alpha value is -2.99. The number of carbonyl (C=O) groups excluding carboxylic acids is 3. The summed E-state index contributed by atoms with van der Waals surface area (Å²) in [5.41, 5.74) is 3.70. The number of hydrogen-bond donors (Lipinski definition) is 0. The normalized spacial score (nSPS) is 18.5. The van der Waals surface area contributed by atoms with E-state index < -0.39 is 0 Å². The van der Waals surface area contributed by atoms with Gasteiger partial charge in [-0.2, -0.15) is 0 Å². The minimum absolute atomic E-state index is 0.0134. The van der Waals surface area contributed by atoms with Crippen molar-refractivity contribution in [1.29, 1.82) is 0 Å². The molecule has 6 nitrogen and oxygen atoms in total. The van der Waals surface area contributed by atoms with Crippen molar-refractivity contribution in [2.75, 3.05) is 45.8 Å². The summed E-state index contributed by atoms with van der Waals surface area (Å²) in [6.45, 7) is 4.76. The molecule has 0 bridgehead atoms. The summed E-state index contributed by atoms with van der Waals surface area (Å²) in [4.78, 5) is 44.0. The Bertz CT molecular complexity index is 1020. The standard InChI is InChI=1S/C24H25N3O3/c28-22(26-9-3-4-10-26)16-25-11-13-27(14-12-25)24(30)17-7-8-19-18-5-1-2-6-20(18)23(29)21(19)15-17/h1-2,5-8,15H,3-4,9-14,16H2. The topological polar surface area (TPSA) is 60.9 Å². The average Bonchev–Trinajstić information content (AvgIpc) is 3.42. The van der Waals surface area contributed by atoms with Gasteiger partial charge >= 0.3 is 0 Å². The molecule has 0 aromatic heterocycles. The number of likely N-dealkylation sites (tertiary alicyclic amines) is 1. The molecule has 2 amide bonds. The van der Waals surface area contributed by atoms with Crippen molar-refractivity contribution in [2.24, 2.45) is 0 Å². The predicted molar refractivity (Wildman–Crippen MR) is 113 cm³/mol. The fraction of sp³-hybridized carbons (Fsp3) is 0.375. The van der Waals surface area contributed by atoms with Crippen molar-refractivity contribution in [3.05, 3.63) is 59.2 Å². The lowest BCUT2D eigenvalue weighted by Crippen LogP contribution is -2.51. The Kier molecular flexibility index (Phi) is 4.87. The average molecular weight is 403 g/mol. The molecular weight excluding hydrogens is 378 g/mol. The van der Waals surface area contributed by atoms with E-state index in [-0.39, 0.29) is 17.6 Å². The Morgan fingerprint density at radius 2 is 1.40 bits per heavy atom. The Morgan fingerprint density at radius 3 is 2.13 bits per heavy atom. The third-order valence-electron chi connectivity index (χ3n) is 6.45. The third-order valence-corrected chi connectivity index (χ3v) is 6.45. The van der Waals surface area contributed by atoms with Gasteiger partial charge in [0.25, 0.3) is 5.91 Å². The predicted octanol–water partition coefficient (Wildman–Crippen LogP) is 2.28. The Labute approximate surface area is 176 Å². The summed E-state index contributed by atoms with van der Waals surface area (Å²) in [7, 11) is 0. The van der Waals surface area contributed by atoms with E-state index in [0.29, 0.717) is 49.4 Å². The number of ketones is 1. The molecule has 2 heterocycles. The summed E-state index contributed by atoms with van der Waals surface area (Å²) in [6, 6.07) is 13.0. The zero-order valence-corrected chi connectivity index (χ0v) is 17.0. The first kappa shape index (κ1) is 19.0. The summed E-state index contributed by atoms with van der Waals surface area (Å²) in [5, 5.41) is 0. The van der Waals surface area contributed by atoms with Crippen LogP contribution in [0.25, 0.3) is 11.1 Å². The van der Waals surface area contributed by atoms with Crippen molar-refractivity contribution >= 4 is 17.6 Å². The van der Waals surface area contributed by atoms with Crippen LogP contribution in [0, 0.1) is 0 Å². The molecule has 6 heteroatoms. The summed E-state index contributed by atoms with van der Waals surface area (Å²) in [6.07, 6.45) is 2.20. The van der Waals surface area contributed by atoms with Crippen LogP contribution in [0.3, 0.4) is 0 Å². The lowest BCUT2D eigenvalue weighted by atomic mass is 10.0. The monoisotopic (exact) mass is 403 g/mol. The van der Waals surface area contributed by atoms with Gasteiger partial charge < -0.3 is 9.80 Å². The van der Waals surface area contributed by atoms with Gasteiger partial charge in [-0.15, -0.1) is 0 Å². The van der Waals surface area contributed by atoms with Crippen molar-refractivity contribution in [3.63, 3.8) is 0 Å². The molecule has 2 aromatic carbocycles. The van der Waals surface area contributed by atoms with Crippen LogP contribution in [0.15, 0.2) is 42.5 Å². The molecule has 0 atom stereocenters. The van der Waals surface area contributed by atoms with Gasteiger partial charge in [0.05, 0.1) is 6.54 Å². The number of rotatable bonds is 3. The van der Waals surface area contributed by atoms with Gasteiger partial charge in [0, 0.05) is 56.0 Å². The second kappa shape index (κ2) is 7.69. The maximum atomic E-state index is 13.0. The number of benzene rings is 2. The molecule has 2 aromatic rings. The van der Waals surface area contributed by atoms with Crippen LogP contribution < -0.4 is 0 Å². The van der Waals surface area contributed by atoms with E-state index in [1.807, 2.05) is 46.2 Å². The highest BCUT2D eigenvalue weighted by molar-refractivity contribution is 6.22. The molecule has 2 aliphatic heterocycles. The number of amides is 2. The highest BCUT2D eigenvalue weighted by atomic mass is 16.2. The van der Waals surface area contributed by atoms with Crippen LogP contribution in [0.5, 0.6) is 0 Å². The zero-order valence-electron chi connectivity index (χ0n) is 17.0. The highest BCUT2D eigenvalue weighted by Gasteiger charge is 2.29. The number of piperazine rings is 1. The van der Waals surface area contributed by atoms with Gasteiger partial charge in [-0.05, 0) is 36.1 Å². The minimum Gasteiger partial charge on any atom is -0.342 e. The highest BCUT2D eigenvalue weighted by Crippen LogP contribution is 2.36. The molecule has 154 valence electrons. The Balaban J connectivity index is 1.23. The molecule has 0 saturated carbocycles. The van der Waals surface area contributed by atoms with E-state index >= 15 is 0 Å². The van der Waals surface area contributed by atoms with Crippen LogP contribution in [-0.4, -0.2) is 78.1 Å². The molecule has 2 fully saturated rings. The molecule has 0 unspecified atom stereocenters. The van der Waals surface area contributed by atoms with Gasteiger partial charge in [0.15, 0.2) is 5.78 Å². The van der Waals surface area contributed by atoms with Crippen molar-refractivity contribution in [2.45, 2.75) is 12.8 Å². The summed E-state index contributed by atoms with van der Waals surface area (Å²) < 4.78 is 0. The maximum absolute atomic E-state index is 13.0. The number of nitrogens with zero attached hydrogens (tertiary/aromatic N) is 3. The van der Waals surface area contributed by atoms with Gasteiger partial charge in [-0.3, -0.25) is 19.3 Å². The summed E-state index contributed by atoms with van der Waals surface area (Å²) >= 11 is 0. The number of fused-ring (bicyclic) bond motifs is 3. The second-order valence-electron chi connectivity index (χ2n) is 8.29. The molecule has 0 radical (unpaired) electrons. The van der Waals surface area contributed by atoms with Crippen molar-refractivity contribution in [3.8, 4) is 11.1 Å². The first-order valence-corrected chi connectivity index (χ1v) is 10.7. The largest absolute Gasteiger partial charge is 0.342 e. The van der Waals surface area contributed by atoms with E-state index in [9.17, 15) is 14.4 Å². The molecule has 5 rings (SSSR count). The Morgan fingerprint density at radius 1 is 0.733 bits per heavy atom. The lowest BCUT2D eigenvalue weighted by Gasteiger charge is -2.35. The molecule has 1 aliphatic carbocycles. The SMILES string of the molecule is O=C1c2ccccc2-c2ccc(C(=O)N3CCN(CC(=O)N4CCCC4)CC3)cc21. The second-order valence-corrected chi connectivity index (χ2v) is 8.29. The van der Waals surface area contributed by atoms with Crippen LogP contribution in [-0.2, 0) is 4.79 Å². The van der Waals surface area contributed by atoms with Gasteiger partial charge in [0.1, 0.15) is 0 Å². The third kappa shape index (κ3) is 3.31. The zero-order chi connectivity index (χ0) is 20.7. The first-order valence-electron chi connectivity index (χ1n) is 10.7. The first-order chi connectivity index (χ1) is 14.6. The fourth-order valence-electron chi connectivity index (χ4n) is 4.71. The van der Waals surface area contributed by atoms with Crippen LogP contribution >= 0.6 is 0 Å². The molecular formula is C24H25N3O3. The van der Waals surface area contributed by atoms with Crippen LogP contribution in [0.1, 0.15) is 39.1 Å². The van der Waals surface area contributed by atoms with E-state index in [1.165, 1.54) is 0 Å². The van der Waals surface area contributed by atoms with E-state index in [2.05, 4.69) is 4.90 Å². The molecule has 2 saturated heterocycles. The quantitative estimate of drug-likeness (QED) is 0.673. The van der Waals surface area contributed by atoms with Crippen LogP contribution in [0.4, 0.5) is 0 Å². The van der Waals surface area contributed by atoms with Gasteiger partial charge in [-0.25, -0.2) is 0 Å². The molecule has 0 spiro atoms. The van der Waals surface area contributed by atoms with Crippen molar-refractivity contribution < 1.29 is 14.4 Å².